The third-order valence-corrected chi connectivity index (χ3v) is 3.19. The van der Waals surface area contributed by atoms with Crippen molar-refractivity contribution < 1.29 is 0 Å². The summed E-state index contributed by atoms with van der Waals surface area (Å²) in [4.78, 5) is 2.48. The van der Waals surface area contributed by atoms with Gasteiger partial charge in [-0.25, -0.2) is 0 Å². The molecule has 0 unspecified atom stereocenters. The summed E-state index contributed by atoms with van der Waals surface area (Å²) < 4.78 is 0. The molecule has 0 saturated carbocycles. The second kappa shape index (κ2) is 8.72. The Morgan fingerprint density at radius 2 is 1.67 bits per heavy atom. The van der Waals surface area contributed by atoms with Crippen molar-refractivity contribution in [1.82, 2.24) is 4.90 Å². The highest BCUT2D eigenvalue weighted by atomic mass is 15.1. The van der Waals surface area contributed by atoms with E-state index in [9.17, 15) is 0 Å². The summed E-state index contributed by atoms with van der Waals surface area (Å²) in [7, 11) is 0. The van der Waals surface area contributed by atoms with E-state index in [2.05, 4.69) is 30.9 Å². The van der Waals surface area contributed by atoms with Crippen LogP contribution in [0.2, 0.25) is 0 Å². The maximum absolute atomic E-state index is 9.11. The number of rotatable bonds is 8. The highest BCUT2D eigenvalue weighted by molar-refractivity contribution is 5.37. The van der Waals surface area contributed by atoms with Crippen LogP contribution in [-0.4, -0.2) is 18.0 Å². The molecule has 0 aliphatic carbocycles. The van der Waals surface area contributed by atoms with Crippen molar-refractivity contribution >= 4 is 0 Å². The van der Waals surface area contributed by atoms with E-state index < -0.39 is 0 Å². The van der Waals surface area contributed by atoms with E-state index in [1.165, 1.54) is 25.7 Å². The molecule has 0 aromatic heterocycles. The lowest BCUT2D eigenvalue weighted by Gasteiger charge is -2.22. The number of hydrogen-bond acceptors (Lipinski definition) is 2. The molecule has 98 valence electrons. The average molecular weight is 244 g/mol. The van der Waals surface area contributed by atoms with Crippen LogP contribution >= 0.6 is 0 Å². The summed E-state index contributed by atoms with van der Waals surface area (Å²) >= 11 is 0. The maximum atomic E-state index is 9.11. The van der Waals surface area contributed by atoms with Gasteiger partial charge in [0.25, 0.3) is 0 Å². The SMILES string of the molecule is CCCCN(CCCC)Cc1ccccc1C#N. The Balaban J connectivity index is 2.66. The first kappa shape index (κ1) is 14.7. The molecule has 0 aliphatic rings. The van der Waals surface area contributed by atoms with Crippen molar-refractivity contribution in [2.45, 2.75) is 46.1 Å². The minimum atomic E-state index is 0.815. The molecule has 0 amide bonds. The standard InChI is InChI=1S/C16H24N2/c1-3-5-11-18(12-6-4-2)14-16-10-8-7-9-15(16)13-17/h7-10H,3-6,11-12,14H2,1-2H3. The lowest BCUT2D eigenvalue weighted by molar-refractivity contribution is 0.257. The van der Waals surface area contributed by atoms with Gasteiger partial charge in [0.1, 0.15) is 0 Å². The van der Waals surface area contributed by atoms with E-state index in [-0.39, 0.29) is 0 Å². The molecule has 0 fully saturated rings. The average Bonchev–Trinajstić information content (AvgIpc) is 2.42. The third kappa shape index (κ3) is 4.89. The molecule has 18 heavy (non-hydrogen) atoms. The minimum absolute atomic E-state index is 0.815. The quantitative estimate of drug-likeness (QED) is 0.692. The van der Waals surface area contributed by atoms with Crippen LogP contribution in [0.15, 0.2) is 24.3 Å². The molecular weight excluding hydrogens is 220 g/mol. The lowest BCUT2D eigenvalue weighted by atomic mass is 10.1. The fourth-order valence-corrected chi connectivity index (χ4v) is 2.04. The minimum Gasteiger partial charge on any atom is -0.299 e. The zero-order chi connectivity index (χ0) is 13.2. The number of nitriles is 1. The fourth-order valence-electron chi connectivity index (χ4n) is 2.04. The van der Waals surface area contributed by atoms with Crippen LogP contribution in [0.1, 0.15) is 50.7 Å². The van der Waals surface area contributed by atoms with Gasteiger partial charge in [-0.1, -0.05) is 44.9 Å². The first-order chi connectivity index (χ1) is 8.81. The molecule has 0 atom stereocenters. The normalized spacial score (nSPS) is 10.6. The Bertz CT molecular complexity index is 371. The Hall–Kier alpha value is -1.33. The lowest BCUT2D eigenvalue weighted by Crippen LogP contribution is -2.26. The topological polar surface area (TPSA) is 27.0 Å². The van der Waals surface area contributed by atoms with E-state index in [1.54, 1.807) is 0 Å². The van der Waals surface area contributed by atoms with Crippen molar-refractivity contribution in [3.05, 3.63) is 35.4 Å². The predicted octanol–water partition coefficient (Wildman–Crippen LogP) is 3.96. The summed E-state index contributed by atoms with van der Waals surface area (Å²) in [5, 5.41) is 9.11. The van der Waals surface area contributed by atoms with Crippen LogP contribution < -0.4 is 0 Å². The van der Waals surface area contributed by atoms with Crippen LogP contribution in [0.3, 0.4) is 0 Å². The van der Waals surface area contributed by atoms with Crippen LogP contribution in [0, 0.1) is 11.3 Å². The molecule has 0 heterocycles. The van der Waals surface area contributed by atoms with Gasteiger partial charge >= 0.3 is 0 Å². The van der Waals surface area contributed by atoms with Gasteiger partial charge in [0, 0.05) is 6.54 Å². The predicted molar refractivity (Wildman–Crippen MR) is 76.3 cm³/mol. The second-order valence-electron chi connectivity index (χ2n) is 4.75. The highest BCUT2D eigenvalue weighted by Gasteiger charge is 2.08. The Labute approximate surface area is 111 Å². The molecule has 1 rings (SSSR count). The van der Waals surface area contributed by atoms with Gasteiger partial charge in [-0.2, -0.15) is 5.26 Å². The zero-order valence-corrected chi connectivity index (χ0v) is 11.7. The van der Waals surface area contributed by atoms with Gasteiger partial charge in [0.2, 0.25) is 0 Å². The van der Waals surface area contributed by atoms with E-state index in [0.29, 0.717) is 0 Å². The summed E-state index contributed by atoms with van der Waals surface area (Å²) in [6.45, 7) is 7.62. The molecule has 1 aromatic rings. The number of benzene rings is 1. The molecule has 2 nitrogen and oxygen atoms in total. The van der Waals surface area contributed by atoms with Gasteiger partial charge < -0.3 is 0 Å². The number of unbranched alkanes of at least 4 members (excludes halogenated alkanes) is 2. The van der Waals surface area contributed by atoms with E-state index in [4.69, 9.17) is 5.26 Å². The maximum Gasteiger partial charge on any atom is 0.0995 e. The molecule has 0 bridgehead atoms. The van der Waals surface area contributed by atoms with Crippen molar-refractivity contribution in [2.24, 2.45) is 0 Å². The monoisotopic (exact) mass is 244 g/mol. The zero-order valence-electron chi connectivity index (χ0n) is 11.7. The third-order valence-electron chi connectivity index (χ3n) is 3.19. The van der Waals surface area contributed by atoms with Crippen LogP contribution in [0.4, 0.5) is 0 Å². The first-order valence-corrected chi connectivity index (χ1v) is 7.02. The molecule has 0 spiro atoms. The number of nitrogens with zero attached hydrogens (tertiary/aromatic N) is 2. The smallest absolute Gasteiger partial charge is 0.0995 e. The Kier molecular flexibility index (Phi) is 7.13. The summed E-state index contributed by atoms with van der Waals surface area (Å²) in [6.07, 6.45) is 4.92. The van der Waals surface area contributed by atoms with E-state index >= 15 is 0 Å². The second-order valence-corrected chi connectivity index (χ2v) is 4.75. The van der Waals surface area contributed by atoms with Gasteiger partial charge in [-0.3, -0.25) is 4.90 Å². The Morgan fingerprint density at radius 3 is 2.22 bits per heavy atom. The first-order valence-electron chi connectivity index (χ1n) is 7.02. The number of hydrogen-bond donors (Lipinski definition) is 0. The van der Waals surface area contributed by atoms with Gasteiger partial charge in [0.05, 0.1) is 11.6 Å². The van der Waals surface area contributed by atoms with Crippen molar-refractivity contribution in [2.75, 3.05) is 13.1 Å². The molecular formula is C16H24N2. The van der Waals surface area contributed by atoms with Gasteiger partial charge in [-0.05, 0) is 37.6 Å². The van der Waals surface area contributed by atoms with E-state index in [0.717, 1.165) is 30.8 Å². The highest BCUT2D eigenvalue weighted by Crippen LogP contribution is 2.12. The molecule has 1 aromatic carbocycles. The molecule has 0 N–H and O–H groups in total. The molecule has 0 radical (unpaired) electrons. The van der Waals surface area contributed by atoms with Crippen molar-refractivity contribution in [1.29, 1.82) is 5.26 Å². The molecule has 0 aliphatic heterocycles. The van der Waals surface area contributed by atoms with Gasteiger partial charge in [-0.15, -0.1) is 0 Å². The summed E-state index contributed by atoms with van der Waals surface area (Å²) in [5.41, 5.74) is 1.97. The van der Waals surface area contributed by atoms with Crippen LogP contribution in [0.5, 0.6) is 0 Å². The van der Waals surface area contributed by atoms with Crippen LogP contribution in [0.25, 0.3) is 0 Å². The van der Waals surface area contributed by atoms with Crippen LogP contribution in [-0.2, 0) is 6.54 Å². The summed E-state index contributed by atoms with van der Waals surface area (Å²) in [6, 6.07) is 10.2. The van der Waals surface area contributed by atoms with Crippen molar-refractivity contribution in [3.63, 3.8) is 0 Å². The molecule has 2 heteroatoms. The van der Waals surface area contributed by atoms with Crippen molar-refractivity contribution in [3.8, 4) is 6.07 Å². The molecule has 0 saturated heterocycles. The fraction of sp³-hybridized carbons (Fsp3) is 0.562. The largest absolute Gasteiger partial charge is 0.299 e. The summed E-state index contributed by atoms with van der Waals surface area (Å²) in [5.74, 6) is 0. The van der Waals surface area contributed by atoms with E-state index in [1.807, 2.05) is 18.2 Å². The van der Waals surface area contributed by atoms with Gasteiger partial charge in [0.15, 0.2) is 0 Å². The Morgan fingerprint density at radius 1 is 1.06 bits per heavy atom.